The molecule has 0 aliphatic heterocycles. The summed E-state index contributed by atoms with van der Waals surface area (Å²) in [6, 6.07) is 9.99. The van der Waals surface area contributed by atoms with Crippen LogP contribution in [0.3, 0.4) is 0 Å². The highest BCUT2D eigenvalue weighted by molar-refractivity contribution is 5.92. The van der Waals surface area contributed by atoms with Crippen LogP contribution in [0.4, 0.5) is 0 Å². The van der Waals surface area contributed by atoms with E-state index in [1.54, 1.807) is 0 Å². The van der Waals surface area contributed by atoms with Crippen molar-refractivity contribution in [2.24, 2.45) is 17.8 Å². The lowest BCUT2D eigenvalue weighted by Crippen LogP contribution is -2.34. The highest BCUT2D eigenvalue weighted by atomic mass is 16.2. The molecular formula is C19H28N2O2. The van der Waals surface area contributed by atoms with Crippen LogP contribution in [-0.2, 0) is 16.1 Å². The Labute approximate surface area is 139 Å². The Morgan fingerprint density at radius 2 is 1.91 bits per heavy atom. The van der Waals surface area contributed by atoms with Gasteiger partial charge in [0.15, 0.2) is 0 Å². The van der Waals surface area contributed by atoms with Crippen LogP contribution in [0.15, 0.2) is 30.3 Å². The normalized spacial score (nSPS) is 19.5. The highest BCUT2D eigenvalue weighted by Gasteiger charge is 2.49. The van der Waals surface area contributed by atoms with E-state index in [0.29, 0.717) is 32.0 Å². The minimum atomic E-state index is -0.127. The second-order valence-electron chi connectivity index (χ2n) is 6.76. The fourth-order valence-electron chi connectivity index (χ4n) is 2.76. The second-order valence-corrected chi connectivity index (χ2v) is 6.76. The SMILES string of the molecule is CCN(Cc1ccccc1)C(=O)C1CC1C(=O)NCCC(C)C. The van der Waals surface area contributed by atoms with Crippen LogP contribution in [0.5, 0.6) is 0 Å². The van der Waals surface area contributed by atoms with E-state index in [0.717, 1.165) is 12.0 Å². The Balaban J connectivity index is 1.82. The van der Waals surface area contributed by atoms with Gasteiger partial charge in [0.1, 0.15) is 0 Å². The van der Waals surface area contributed by atoms with Crippen molar-refractivity contribution in [3.63, 3.8) is 0 Å². The van der Waals surface area contributed by atoms with Gasteiger partial charge in [-0.1, -0.05) is 44.2 Å². The van der Waals surface area contributed by atoms with Gasteiger partial charge in [0.2, 0.25) is 11.8 Å². The van der Waals surface area contributed by atoms with E-state index < -0.39 is 0 Å². The molecule has 0 bridgehead atoms. The first-order chi connectivity index (χ1) is 11.0. The molecule has 1 aliphatic rings. The third kappa shape index (κ3) is 5.08. The topological polar surface area (TPSA) is 49.4 Å². The van der Waals surface area contributed by atoms with Crippen LogP contribution in [-0.4, -0.2) is 29.8 Å². The largest absolute Gasteiger partial charge is 0.356 e. The molecule has 1 aliphatic carbocycles. The van der Waals surface area contributed by atoms with E-state index >= 15 is 0 Å². The molecule has 1 fully saturated rings. The number of rotatable bonds is 8. The zero-order chi connectivity index (χ0) is 16.8. The van der Waals surface area contributed by atoms with Crippen molar-refractivity contribution in [2.75, 3.05) is 13.1 Å². The zero-order valence-electron chi connectivity index (χ0n) is 14.4. The summed E-state index contributed by atoms with van der Waals surface area (Å²) in [7, 11) is 0. The summed E-state index contributed by atoms with van der Waals surface area (Å²) in [4.78, 5) is 26.5. The molecule has 4 nitrogen and oxygen atoms in total. The Morgan fingerprint density at radius 3 is 2.52 bits per heavy atom. The number of carbonyl (C=O) groups is 2. The summed E-state index contributed by atoms with van der Waals surface area (Å²) in [5, 5.41) is 2.96. The molecule has 2 amide bonds. The third-order valence-corrected chi connectivity index (χ3v) is 4.37. The predicted octanol–water partition coefficient (Wildman–Crippen LogP) is 2.83. The van der Waals surface area contributed by atoms with Crippen molar-refractivity contribution in [3.8, 4) is 0 Å². The number of nitrogens with one attached hydrogen (secondary N) is 1. The van der Waals surface area contributed by atoms with Crippen LogP contribution in [0.2, 0.25) is 0 Å². The summed E-state index contributed by atoms with van der Waals surface area (Å²) in [6.45, 7) is 8.26. The van der Waals surface area contributed by atoms with E-state index in [2.05, 4.69) is 19.2 Å². The number of benzene rings is 1. The first-order valence-electron chi connectivity index (χ1n) is 8.63. The predicted molar refractivity (Wildman–Crippen MR) is 91.6 cm³/mol. The summed E-state index contributed by atoms with van der Waals surface area (Å²) in [5.74, 6) is 0.478. The molecule has 1 aromatic rings. The van der Waals surface area contributed by atoms with Gasteiger partial charge in [-0.15, -0.1) is 0 Å². The van der Waals surface area contributed by atoms with Crippen molar-refractivity contribution in [3.05, 3.63) is 35.9 Å². The summed E-state index contributed by atoms with van der Waals surface area (Å²) in [5.41, 5.74) is 1.13. The average molecular weight is 316 g/mol. The molecule has 1 N–H and O–H groups in total. The zero-order valence-corrected chi connectivity index (χ0v) is 14.4. The fourth-order valence-corrected chi connectivity index (χ4v) is 2.76. The number of amides is 2. The molecular weight excluding hydrogens is 288 g/mol. The Kier molecular flexibility index (Phi) is 6.20. The van der Waals surface area contributed by atoms with Crippen LogP contribution in [0, 0.1) is 17.8 Å². The third-order valence-electron chi connectivity index (χ3n) is 4.37. The molecule has 126 valence electrons. The fraction of sp³-hybridized carbons (Fsp3) is 0.579. The maximum Gasteiger partial charge on any atom is 0.226 e. The van der Waals surface area contributed by atoms with Gasteiger partial charge < -0.3 is 10.2 Å². The lowest BCUT2D eigenvalue weighted by Gasteiger charge is -2.21. The molecule has 0 spiro atoms. The van der Waals surface area contributed by atoms with E-state index in [1.165, 1.54) is 0 Å². The number of nitrogens with zero attached hydrogens (tertiary/aromatic N) is 1. The minimum absolute atomic E-state index is 0.0414. The first-order valence-corrected chi connectivity index (χ1v) is 8.63. The molecule has 2 atom stereocenters. The van der Waals surface area contributed by atoms with Gasteiger partial charge in [0.05, 0.1) is 11.8 Å². The smallest absolute Gasteiger partial charge is 0.226 e. The monoisotopic (exact) mass is 316 g/mol. The van der Waals surface area contributed by atoms with Crippen molar-refractivity contribution in [1.82, 2.24) is 10.2 Å². The van der Waals surface area contributed by atoms with Gasteiger partial charge in [-0.3, -0.25) is 9.59 Å². The van der Waals surface area contributed by atoms with Gasteiger partial charge in [-0.25, -0.2) is 0 Å². The van der Waals surface area contributed by atoms with E-state index in [1.807, 2.05) is 42.2 Å². The van der Waals surface area contributed by atoms with Gasteiger partial charge in [0.25, 0.3) is 0 Å². The molecule has 0 radical (unpaired) electrons. The molecule has 4 heteroatoms. The molecule has 1 aromatic carbocycles. The number of hydrogen-bond acceptors (Lipinski definition) is 2. The van der Waals surface area contributed by atoms with Crippen LogP contribution < -0.4 is 5.32 Å². The second kappa shape index (κ2) is 8.14. The minimum Gasteiger partial charge on any atom is -0.356 e. The van der Waals surface area contributed by atoms with Crippen molar-refractivity contribution in [1.29, 1.82) is 0 Å². The van der Waals surface area contributed by atoms with Crippen molar-refractivity contribution >= 4 is 11.8 Å². The standard InChI is InChI=1S/C19H28N2O2/c1-4-21(13-15-8-6-5-7-9-15)19(23)17-12-16(17)18(22)20-11-10-14(2)3/h5-9,14,16-17H,4,10-13H2,1-3H3,(H,20,22). The molecule has 0 saturated heterocycles. The van der Waals surface area contributed by atoms with Gasteiger partial charge in [-0.05, 0) is 31.2 Å². The van der Waals surface area contributed by atoms with Crippen molar-refractivity contribution < 1.29 is 9.59 Å². The summed E-state index contributed by atoms with van der Waals surface area (Å²) in [6.07, 6.45) is 1.67. The molecule has 1 saturated carbocycles. The molecule has 2 unspecified atom stereocenters. The molecule has 0 heterocycles. The van der Waals surface area contributed by atoms with E-state index in [4.69, 9.17) is 0 Å². The first kappa shape index (κ1) is 17.5. The quantitative estimate of drug-likeness (QED) is 0.802. The van der Waals surface area contributed by atoms with Gasteiger partial charge in [-0.2, -0.15) is 0 Å². The van der Waals surface area contributed by atoms with Crippen molar-refractivity contribution in [2.45, 2.75) is 40.2 Å². The lowest BCUT2D eigenvalue weighted by molar-refractivity contribution is -0.135. The van der Waals surface area contributed by atoms with Gasteiger partial charge in [0, 0.05) is 19.6 Å². The molecule has 23 heavy (non-hydrogen) atoms. The highest BCUT2D eigenvalue weighted by Crippen LogP contribution is 2.40. The van der Waals surface area contributed by atoms with Crippen LogP contribution in [0.25, 0.3) is 0 Å². The van der Waals surface area contributed by atoms with E-state index in [-0.39, 0.29) is 23.7 Å². The Morgan fingerprint density at radius 1 is 1.22 bits per heavy atom. The Hall–Kier alpha value is -1.84. The number of hydrogen-bond donors (Lipinski definition) is 1. The summed E-state index contributed by atoms with van der Waals surface area (Å²) >= 11 is 0. The van der Waals surface area contributed by atoms with E-state index in [9.17, 15) is 9.59 Å². The lowest BCUT2D eigenvalue weighted by atomic mass is 10.1. The summed E-state index contributed by atoms with van der Waals surface area (Å²) < 4.78 is 0. The van der Waals surface area contributed by atoms with Crippen LogP contribution in [0.1, 0.15) is 39.2 Å². The van der Waals surface area contributed by atoms with Crippen LogP contribution >= 0.6 is 0 Å². The molecule has 0 aromatic heterocycles. The maximum atomic E-state index is 12.6. The average Bonchev–Trinajstić information content (AvgIpc) is 3.33. The number of carbonyl (C=O) groups excluding carboxylic acids is 2. The molecule has 2 rings (SSSR count). The Bertz CT molecular complexity index is 527. The van der Waals surface area contributed by atoms with Gasteiger partial charge >= 0.3 is 0 Å². The maximum absolute atomic E-state index is 12.6.